The second-order valence-electron chi connectivity index (χ2n) is 5.76. The first-order chi connectivity index (χ1) is 10.5. The molecule has 1 saturated carbocycles. The van der Waals surface area contributed by atoms with Crippen molar-refractivity contribution < 1.29 is 19.1 Å². The number of Topliss-reactive ketones (excluding diaryl/α,β-unsaturated/α-hetero) is 2. The van der Waals surface area contributed by atoms with Crippen LogP contribution in [0.4, 0.5) is 0 Å². The standard InChI is InChI=1S/C13H21N5O4/c14-12(15)16-18-4-5-21-11(7-18)17-3-6-22-13(8-17)9(19)1-2-10(13)20/h11H,1-8H2,(H4,14,15,16). The highest BCUT2D eigenvalue weighted by molar-refractivity contribution is 6.16. The van der Waals surface area contributed by atoms with Crippen LogP contribution in [0.1, 0.15) is 12.8 Å². The number of hydrogen-bond acceptors (Lipinski definition) is 7. The fraction of sp³-hybridized carbons (Fsp3) is 0.769. The van der Waals surface area contributed by atoms with Gasteiger partial charge in [0.15, 0.2) is 17.2 Å². The molecule has 1 unspecified atom stereocenters. The van der Waals surface area contributed by atoms with Gasteiger partial charge in [-0.05, 0) is 0 Å². The normalized spacial score (nSPS) is 29.1. The lowest BCUT2D eigenvalue weighted by molar-refractivity contribution is -0.185. The molecule has 4 N–H and O–H groups in total. The fourth-order valence-electron chi connectivity index (χ4n) is 3.21. The summed E-state index contributed by atoms with van der Waals surface area (Å²) in [6.45, 7) is 2.74. The van der Waals surface area contributed by atoms with Crippen molar-refractivity contribution in [2.75, 3.05) is 39.4 Å². The van der Waals surface area contributed by atoms with E-state index in [2.05, 4.69) is 5.10 Å². The molecular weight excluding hydrogens is 290 g/mol. The zero-order valence-electron chi connectivity index (χ0n) is 12.4. The average molecular weight is 311 g/mol. The monoisotopic (exact) mass is 311 g/mol. The summed E-state index contributed by atoms with van der Waals surface area (Å²) in [6.07, 6.45) is 0.259. The van der Waals surface area contributed by atoms with Crippen molar-refractivity contribution in [3.8, 4) is 0 Å². The molecule has 3 fully saturated rings. The summed E-state index contributed by atoms with van der Waals surface area (Å²) in [6, 6.07) is 0. The van der Waals surface area contributed by atoms with Crippen LogP contribution >= 0.6 is 0 Å². The van der Waals surface area contributed by atoms with Gasteiger partial charge < -0.3 is 20.9 Å². The third-order valence-corrected chi connectivity index (χ3v) is 4.32. The van der Waals surface area contributed by atoms with Crippen molar-refractivity contribution >= 4 is 17.5 Å². The van der Waals surface area contributed by atoms with Crippen LogP contribution in [-0.4, -0.2) is 78.7 Å². The van der Waals surface area contributed by atoms with E-state index in [4.69, 9.17) is 20.9 Å². The molecule has 3 rings (SSSR count). The van der Waals surface area contributed by atoms with Crippen molar-refractivity contribution in [3.05, 3.63) is 0 Å². The van der Waals surface area contributed by atoms with Crippen LogP contribution in [0.25, 0.3) is 0 Å². The van der Waals surface area contributed by atoms with Gasteiger partial charge in [0.25, 0.3) is 0 Å². The minimum absolute atomic E-state index is 0.000228. The highest BCUT2D eigenvalue weighted by Crippen LogP contribution is 2.31. The maximum atomic E-state index is 12.1. The Balaban J connectivity index is 1.71. The number of carbonyl (C=O) groups is 2. The largest absolute Gasteiger partial charge is 0.369 e. The first-order valence-corrected chi connectivity index (χ1v) is 7.42. The van der Waals surface area contributed by atoms with Crippen molar-refractivity contribution in [1.82, 2.24) is 9.91 Å². The Morgan fingerprint density at radius 2 is 1.91 bits per heavy atom. The van der Waals surface area contributed by atoms with E-state index in [1.54, 1.807) is 5.01 Å². The second kappa shape index (κ2) is 5.82. The maximum absolute atomic E-state index is 12.1. The number of hydrogen-bond donors (Lipinski definition) is 2. The van der Waals surface area contributed by atoms with Crippen LogP contribution in [0, 0.1) is 0 Å². The van der Waals surface area contributed by atoms with Gasteiger partial charge in [-0.3, -0.25) is 19.5 Å². The number of ketones is 2. The predicted molar refractivity (Wildman–Crippen MR) is 76.6 cm³/mol. The summed E-state index contributed by atoms with van der Waals surface area (Å²) < 4.78 is 11.3. The number of guanidine groups is 1. The summed E-state index contributed by atoms with van der Waals surface area (Å²) in [4.78, 5) is 26.2. The number of nitrogens with zero attached hydrogens (tertiary/aromatic N) is 3. The average Bonchev–Trinajstić information content (AvgIpc) is 2.76. The van der Waals surface area contributed by atoms with Crippen LogP contribution < -0.4 is 11.5 Å². The molecule has 0 amide bonds. The topological polar surface area (TPSA) is 123 Å². The molecule has 0 aromatic carbocycles. The molecule has 2 heterocycles. The molecule has 1 atom stereocenters. The van der Waals surface area contributed by atoms with E-state index >= 15 is 0 Å². The van der Waals surface area contributed by atoms with Crippen LogP contribution in [-0.2, 0) is 19.1 Å². The first-order valence-electron chi connectivity index (χ1n) is 7.42. The summed E-state index contributed by atoms with van der Waals surface area (Å²) in [5.41, 5.74) is 9.51. The van der Waals surface area contributed by atoms with E-state index in [1.165, 1.54) is 0 Å². The molecule has 0 radical (unpaired) electrons. The Kier molecular flexibility index (Phi) is 4.02. The van der Waals surface area contributed by atoms with E-state index < -0.39 is 5.60 Å². The summed E-state index contributed by atoms with van der Waals surface area (Å²) in [5.74, 6) is -0.251. The van der Waals surface area contributed by atoms with Gasteiger partial charge in [-0.2, -0.15) is 0 Å². The van der Waals surface area contributed by atoms with Crippen LogP contribution in [0.2, 0.25) is 0 Å². The smallest absolute Gasteiger partial charge is 0.208 e. The molecular formula is C13H21N5O4. The molecule has 1 spiro atoms. The highest BCUT2D eigenvalue weighted by Gasteiger charge is 2.54. The minimum Gasteiger partial charge on any atom is -0.369 e. The third-order valence-electron chi connectivity index (χ3n) is 4.32. The predicted octanol–water partition coefficient (Wildman–Crippen LogP) is -2.16. The van der Waals surface area contributed by atoms with E-state index in [-0.39, 0.29) is 43.1 Å². The lowest BCUT2D eigenvalue weighted by atomic mass is 9.97. The van der Waals surface area contributed by atoms with Crippen LogP contribution in [0.15, 0.2) is 5.10 Å². The Labute approximate surface area is 128 Å². The minimum atomic E-state index is -1.29. The zero-order chi connectivity index (χ0) is 15.7. The molecule has 0 aromatic rings. The summed E-state index contributed by atoms with van der Waals surface area (Å²) in [7, 11) is 0. The van der Waals surface area contributed by atoms with Crippen molar-refractivity contribution in [2.45, 2.75) is 24.7 Å². The van der Waals surface area contributed by atoms with Crippen LogP contribution in [0.5, 0.6) is 0 Å². The quantitative estimate of drug-likeness (QED) is 0.336. The van der Waals surface area contributed by atoms with Gasteiger partial charge in [-0.1, -0.05) is 0 Å². The third kappa shape index (κ3) is 2.67. The number of nitrogens with two attached hydrogens (primary N) is 2. The first kappa shape index (κ1) is 15.2. The number of morpholine rings is 2. The summed E-state index contributed by atoms with van der Waals surface area (Å²) >= 11 is 0. The molecule has 9 heteroatoms. The molecule has 2 saturated heterocycles. The number of ether oxygens (including phenoxy) is 2. The van der Waals surface area contributed by atoms with Gasteiger partial charge in [0.05, 0.1) is 26.3 Å². The van der Waals surface area contributed by atoms with E-state index in [0.29, 0.717) is 32.8 Å². The molecule has 3 aliphatic rings. The Morgan fingerprint density at radius 1 is 1.18 bits per heavy atom. The van der Waals surface area contributed by atoms with Gasteiger partial charge in [0.1, 0.15) is 6.23 Å². The molecule has 0 aromatic heterocycles. The lowest BCUT2D eigenvalue weighted by Crippen LogP contribution is -2.62. The van der Waals surface area contributed by atoms with Gasteiger partial charge in [0, 0.05) is 25.9 Å². The zero-order valence-corrected chi connectivity index (χ0v) is 12.4. The molecule has 0 bridgehead atoms. The molecule has 1 aliphatic carbocycles. The van der Waals surface area contributed by atoms with Gasteiger partial charge in [-0.25, -0.2) is 0 Å². The Morgan fingerprint density at radius 3 is 2.59 bits per heavy atom. The second-order valence-corrected chi connectivity index (χ2v) is 5.76. The van der Waals surface area contributed by atoms with E-state index in [1.807, 2.05) is 4.90 Å². The van der Waals surface area contributed by atoms with E-state index in [0.717, 1.165) is 0 Å². The highest BCUT2D eigenvalue weighted by atomic mass is 16.5. The van der Waals surface area contributed by atoms with Crippen molar-refractivity contribution in [2.24, 2.45) is 16.6 Å². The lowest BCUT2D eigenvalue weighted by Gasteiger charge is -2.44. The van der Waals surface area contributed by atoms with E-state index in [9.17, 15) is 9.59 Å². The van der Waals surface area contributed by atoms with Crippen LogP contribution in [0.3, 0.4) is 0 Å². The fourth-order valence-corrected chi connectivity index (χ4v) is 3.21. The summed E-state index contributed by atoms with van der Waals surface area (Å²) in [5, 5.41) is 5.77. The van der Waals surface area contributed by atoms with Crippen molar-refractivity contribution in [3.63, 3.8) is 0 Å². The van der Waals surface area contributed by atoms with Crippen molar-refractivity contribution in [1.29, 1.82) is 0 Å². The molecule has 2 aliphatic heterocycles. The molecule has 22 heavy (non-hydrogen) atoms. The molecule has 9 nitrogen and oxygen atoms in total. The number of rotatable bonds is 2. The SMILES string of the molecule is NC(N)=NN1CCOC(N2CCOC3(C2)C(=O)CCC3=O)C1. The van der Waals surface area contributed by atoms with Gasteiger partial charge in [0.2, 0.25) is 5.96 Å². The molecule has 122 valence electrons. The Bertz CT molecular complexity index is 489. The number of hydrazone groups is 1. The Hall–Kier alpha value is -1.71. The van der Waals surface area contributed by atoms with Gasteiger partial charge in [-0.15, -0.1) is 5.10 Å². The maximum Gasteiger partial charge on any atom is 0.208 e. The number of carbonyl (C=O) groups excluding carboxylic acids is 2. The van der Waals surface area contributed by atoms with Gasteiger partial charge >= 0.3 is 0 Å².